The molecule has 1 N–H and O–H groups in total. The lowest BCUT2D eigenvalue weighted by molar-refractivity contribution is -0.136. The van der Waals surface area contributed by atoms with Crippen LogP contribution in [0.5, 0.6) is 5.75 Å². The fraction of sp³-hybridized carbons (Fsp3) is 0.423. The molecule has 0 aliphatic heterocycles. The van der Waals surface area contributed by atoms with Crippen LogP contribution in [0.3, 0.4) is 0 Å². The van der Waals surface area contributed by atoms with Gasteiger partial charge < -0.3 is 14.7 Å². The van der Waals surface area contributed by atoms with E-state index in [1.807, 2.05) is 12.1 Å². The van der Waals surface area contributed by atoms with Crippen LogP contribution in [0.4, 0.5) is 5.69 Å². The van der Waals surface area contributed by atoms with Crippen molar-refractivity contribution >= 4 is 17.2 Å². The highest BCUT2D eigenvalue weighted by atomic mass is 16.5. The van der Waals surface area contributed by atoms with Gasteiger partial charge in [0, 0.05) is 26.2 Å². The molecule has 1 aliphatic rings. The number of aliphatic carboxylic acids is 1. The van der Waals surface area contributed by atoms with Gasteiger partial charge in [-0.1, -0.05) is 18.2 Å². The summed E-state index contributed by atoms with van der Waals surface area (Å²) in [7, 11) is 4.12. The summed E-state index contributed by atoms with van der Waals surface area (Å²) in [5.41, 5.74) is 8.65. The summed E-state index contributed by atoms with van der Waals surface area (Å²) >= 11 is 0. The Labute approximate surface area is 180 Å². The van der Waals surface area contributed by atoms with Gasteiger partial charge in [-0.25, -0.2) is 0 Å². The molecule has 0 unspecified atom stereocenters. The molecule has 0 bridgehead atoms. The lowest BCUT2D eigenvalue weighted by Gasteiger charge is -2.23. The molecule has 4 nitrogen and oxygen atoms in total. The number of hydrogen-bond donors (Lipinski definition) is 1. The monoisotopic (exact) mass is 407 g/mol. The Bertz CT molecular complexity index is 926. The predicted octanol–water partition coefficient (Wildman–Crippen LogP) is 5.79. The van der Waals surface area contributed by atoms with Crippen molar-refractivity contribution < 1.29 is 14.6 Å². The summed E-state index contributed by atoms with van der Waals surface area (Å²) in [5.74, 6) is 0.134. The smallest absolute Gasteiger partial charge is 0.303 e. The first-order chi connectivity index (χ1) is 14.4. The van der Waals surface area contributed by atoms with Gasteiger partial charge in [0.15, 0.2) is 0 Å². The molecule has 30 heavy (non-hydrogen) atoms. The van der Waals surface area contributed by atoms with Crippen molar-refractivity contribution in [3.63, 3.8) is 0 Å². The summed E-state index contributed by atoms with van der Waals surface area (Å²) in [6.45, 7) is 4.72. The standard InChI is InChI=1S/C26H33NO3/c1-18-19(2)25(15-11-20(18)12-16-26(28)29)30-17-22-7-5-6-8-24(22)21-9-13-23(14-10-21)27(3)4/h9-11,13-15H,5-8,12,16-17H2,1-4H3,(H,28,29). The van der Waals surface area contributed by atoms with Crippen molar-refractivity contribution in [2.24, 2.45) is 0 Å². The number of carbonyl (C=O) groups is 1. The van der Waals surface area contributed by atoms with Crippen LogP contribution in [0.2, 0.25) is 0 Å². The van der Waals surface area contributed by atoms with Gasteiger partial charge in [-0.15, -0.1) is 0 Å². The van der Waals surface area contributed by atoms with Crippen LogP contribution in [0, 0.1) is 13.8 Å². The maximum absolute atomic E-state index is 10.9. The van der Waals surface area contributed by atoms with E-state index in [0.717, 1.165) is 35.3 Å². The Kier molecular flexibility index (Phi) is 7.20. The predicted molar refractivity (Wildman–Crippen MR) is 124 cm³/mol. The molecule has 1 aliphatic carbocycles. The summed E-state index contributed by atoms with van der Waals surface area (Å²) in [6, 6.07) is 12.8. The molecule has 0 saturated carbocycles. The summed E-state index contributed by atoms with van der Waals surface area (Å²) < 4.78 is 6.27. The molecule has 2 aromatic rings. The van der Waals surface area contributed by atoms with Crippen molar-refractivity contribution in [1.82, 2.24) is 0 Å². The van der Waals surface area contributed by atoms with E-state index in [1.54, 1.807) is 0 Å². The first-order valence-electron chi connectivity index (χ1n) is 10.8. The van der Waals surface area contributed by atoms with Gasteiger partial charge in [-0.05, 0) is 97.6 Å². The van der Waals surface area contributed by atoms with Crippen molar-refractivity contribution in [3.8, 4) is 5.75 Å². The zero-order valence-corrected chi connectivity index (χ0v) is 18.6. The molecule has 2 aromatic carbocycles. The fourth-order valence-corrected chi connectivity index (χ4v) is 4.12. The Balaban J connectivity index is 1.77. The second-order valence-electron chi connectivity index (χ2n) is 8.39. The number of allylic oxidation sites excluding steroid dienone is 1. The Hall–Kier alpha value is -2.75. The van der Waals surface area contributed by atoms with Gasteiger partial charge >= 0.3 is 5.97 Å². The minimum atomic E-state index is -0.761. The Morgan fingerprint density at radius 1 is 1.00 bits per heavy atom. The topological polar surface area (TPSA) is 49.8 Å². The van der Waals surface area contributed by atoms with Gasteiger partial charge in [-0.2, -0.15) is 0 Å². The number of carboxylic acid groups (broad SMARTS) is 1. The molecule has 0 saturated heterocycles. The van der Waals surface area contributed by atoms with Crippen molar-refractivity contribution in [3.05, 3.63) is 64.2 Å². The zero-order valence-electron chi connectivity index (χ0n) is 18.6. The van der Waals surface area contributed by atoms with E-state index < -0.39 is 5.97 Å². The largest absolute Gasteiger partial charge is 0.489 e. The highest BCUT2D eigenvalue weighted by Crippen LogP contribution is 2.34. The molecular weight excluding hydrogens is 374 g/mol. The number of carboxylic acids is 1. The van der Waals surface area contributed by atoms with Crippen LogP contribution in [-0.2, 0) is 11.2 Å². The molecule has 160 valence electrons. The summed E-state index contributed by atoms with van der Waals surface area (Å²) in [6.07, 6.45) is 5.34. The molecule has 0 atom stereocenters. The van der Waals surface area contributed by atoms with E-state index in [-0.39, 0.29) is 6.42 Å². The van der Waals surface area contributed by atoms with Crippen molar-refractivity contribution in [1.29, 1.82) is 0 Å². The highest BCUT2D eigenvalue weighted by Gasteiger charge is 2.16. The number of nitrogens with zero attached hydrogens (tertiary/aromatic N) is 1. The lowest BCUT2D eigenvalue weighted by atomic mass is 9.87. The molecule has 0 aromatic heterocycles. The van der Waals surface area contributed by atoms with Gasteiger partial charge in [0.05, 0.1) is 0 Å². The third-order valence-corrected chi connectivity index (χ3v) is 6.17. The molecule has 0 radical (unpaired) electrons. The van der Waals surface area contributed by atoms with Gasteiger partial charge in [0.25, 0.3) is 0 Å². The first kappa shape index (κ1) is 21.9. The molecule has 0 spiro atoms. The number of rotatable bonds is 8. The van der Waals surface area contributed by atoms with Crippen LogP contribution in [0.25, 0.3) is 5.57 Å². The van der Waals surface area contributed by atoms with E-state index in [9.17, 15) is 4.79 Å². The van der Waals surface area contributed by atoms with Crippen LogP contribution in [0.15, 0.2) is 42.0 Å². The minimum absolute atomic E-state index is 0.156. The fourth-order valence-electron chi connectivity index (χ4n) is 4.12. The quantitative estimate of drug-likeness (QED) is 0.601. The molecular formula is C26H33NO3. The minimum Gasteiger partial charge on any atom is -0.489 e. The average Bonchev–Trinajstić information content (AvgIpc) is 2.74. The normalized spacial score (nSPS) is 14.0. The molecule has 0 heterocycles. The Morgan fingerprint density at radius 3 is 2.37 bits per heavy atom. The van der Waals surface area contributed by atoms with Crippen LogP contribution >= 0.6 is 0 Å². The maximum atomic E-state index is 10.9. The lowest BCUT2D eigenvalue weighted by Crippen LogP contribution is -2.10. The third kappa shape index (κ3) is 5.24. The van der Waals surface area contributed by atoms with E-state index in [4.69, 9.17) is 9.84 Å². The van der Waals surface area contributed by atoms with Crippen LogP contribution in [0.1, 0.15) is 54.4 Å². The highest BCUT2D eigenvalue weighted by molar-refractivity contribution is 5.71. The number of aryl methyl sites for hydroxylation is 1. The van der Waals surface area contributed by atoms with Crippen molar-refractivity contribution in [2.75, 3.05) is 25.6 Å². The van der Waals surface area contributed by atoms with Crippen LogP contribution < -0.4 is 9.64 Å². The molecule has 0 fully saturated rings. The van der Waals surface area contributed by atoms with Crippen molar-refractivity contribution in [2.45, 2.75) is 52.4 Å². The van der Waals surface area contributed by atoms with Gasteiger partial charge in [-0.3, -0.25) is 4.79 Å². The number of hydrogen-bond acceptors (Lipinski definition) is 3. The number of anilines is 1. The second-order valence-corrected chi connectivity index (χ2v) is 8.39. The van der Waals surface area contributed by atoms with E-state index in [0.29, 0.717) is 13.0 Å². The van der Waals surface area contributed by atoms with Gasteiger partial charge in [0.1, 0.15) is 12.4 Å². The molecule has 4 heteroatoms. The third-order valence-electron chi connectivity index (χ3n) is 6.17. The van der Waals surface area contributed by atoms with E-state index in [2.05, 4.69) is 57.1 Å². The Morgan fingerprint density at radius 2 is 1.70 bits per heavy atom. The average molecular weight is 408 g/mol. The number of ether oxygens (including phenoxy) is 1. The molecule has 3 rings (SSSR count). The first-order valence-corrected chi connectivity index (χ1v) is 10.8. The van der Waals surface area contributed by atoms with E-state index >= 15 is 0 Å². The zero-order chi connectivity index (χ0) is 21.7. The van der Waals surface area contributed by atoms with Crippen LogP contribution in [-0.4, -0.2) is 31.8 Å². The van der Waals surface area contributed by atoms with Gasteiger partial charge in [0.2, 0.25) is 0 Å². The SMILES string of the molecule is Cc1c(CCC(=O)O)ccc(OCC2=C(c3ccc(N(C)C)cc3)CCCC2)c1C. The summed E-state index contributed by atoms with van der Waals surface area (Å²) in [4.78, 5) is 13.0. The second kappa shape index (κ2) is 9.84. The maximum Gasteiger partial charge on any atom is 0.303 e. The van der Waals surface area contributed by atoms with E-state index in [1.165, 1.54) is 35.2 Å². The molecule has 0 amide bonds. The summed E-state index contributed by atoms with van der Waals surface area (Å²) in [5, 5.41) is 8.95. The number of benzene rings is 2.